The van der Waals surface area contributed by atoms with Crippen molar-refractivity contribution in [3.05, 3.63) is 65.5 Å². The van der Waals surface area contributed by atoms with Crippen molar-refractivity contribution in [2.75, 3.05) is 5.73 Å². The Morgan fingerprint density at radius 2 is 1.75 bits per heavy atom. The molecule has 2 N–H and O–H groups in total. The van der Waals surface area contributed by atoms with Crippen LogP contribution < -0.4 is 5.73 Å². The standard InChI is InChI=1S/C17H21FN2/c1-13(2)20(11-14-6-4-3-5-7-14)12-15-8-9-16(18)10-17(15)19/h3-10,13H,11-12,19H2,1-2H3. The first-order valence-corrected chi connectivity index (χ1v) is 6.88. The van der Waals surface area contributed by atoms with Gasteiger partial charge in [-0.2, -0.15) is 0 Å². The Labute approximate surface area is 120 Å². The number of anilines is 1. The summed E-state index contributed by atoms with van der Waals surface area (Å²) < 4.78 is 13.1. The maximum absolute atomic E-state index is 13.1. The topological polar surface area (TPSA) is 29.3 Å². The highest BCUT2D eigenvalue weighted by Crippen LogP contribution is 2.18. The zero-order valence-corrected chi connectivity index (χ0v) is 12.0. The summed E-state index contributed by atoms with van der Waals surface area (Å²) in [6.45, 7) is 5.89. The maximum atomic E-state index is 13.1. The molecule has 0 fully saturated rings. The highest BCUT2D eigenvalue weighted by atomic mass is 19.1. The molecule has 0 aromatic heterocycles. The smallest absolute Gasteiger partial charge is 0.125 e. The van der Waals surface area contributed by atoms with Gasteiger partial charge in [-0.15, -0.1) is 0 Å². The third kappa shape index (κ3) is 3.81. The van der Waals surface area contributed by atoms with Gasteiger partial charge in [0.05, 0.1) is 0 Å². The Balaban J connectivity index is 2.13. The molecule has 20 heavy (non-hydrogen) atoms. The number of halogens is 1. The monoisotopic (exact) mass is 272 g/mol. The molecule has 0 saturated carbocycles. The lowest BCUT2D eigenvalue weighted by Gasteiger charge is -2.27. The summed E-state index contributed by atoms with van der Waals surface area (Å²) in [5.41, 5.74) is 8.65. The van der Waals surface area contributed by atoms with E-state index in [-0.39, 0.29) is 5.82 Å². The van der Waals surface area contributed by atoms with Crippen LogP contribution in [0.5, 0.6) is 0 Å². The van der Waals surface area contributed by atoms with Gasteiger partial charge in [-0.25, -0.2) is 4.39 Å². The van der Waals surface area contributed by atoms with Crippen LogP contribution in [0.1, 0.15) is 25.0 Å². The van der Waals surface area contributed by atoms with Crippen LogP contribution in [0.15, 0.2) is 48.5 Å². The summed E-state index contributed by atoms with van der Waals surface area (Å²) in [5, 5.41) is 0. The van der Waals surface area contributed by atoms with Gasteiger partial charge in [-0.05, 0) is 37.1 Å². The molecule has 2 rings (SSSR count). The fourth-order valence-corrected chi connectivity index (χ4v) is 2.17. The second-order valence-corrected chi connectivity index (χ2v) is 5.33. The van der Waals surface area contributed by atoms with Crippen molar-refractivity contribution in [3.63, 3.8) is 0 Å². The van der Waals surface area contributed by atoms with Crippen LogP contribution in [0.25, 0.3) is 0 Å². The van der Waals surface area contributed by atoms with Crippen LogP contribution in [-0.4, -0.2) is 10.9 Å². The van der Waals surface area contributed by atoms with E-state index in [0.29, 0.717) is 11.7 Å². The van der Waals surface area contributed by atoms with Gasteiger partial charge in [0, 0.05) is 24.8 Å². The fraction of sp³-hybridized carbons (Fsp3) is 0.294. The van der Waals surface area contributed by atoms with Crippen LogP contribution in [0.4, 0.5) is 10.1 Å². The fourth-order valence-electron chi connectivity index (χ4n) is 2.17. The highest BCUT2D eigenvalue weighted by molar-refractivity contribution is 5.46. The van der Waals surface area contributed by atoms with Crippen LogP contribution >= 0.6 is 0 Å². The van der Waals surface area contributed by atoms with E-state index in [0.717, 1.165) is 18.7 Å². The molecule has 2 nitrogen and oxygen atoms in total. The van der Waals surface area contributed by atoms with Gasteiger partial charge >= 0.3 is 0 Å². The molecule has 0 radical (unpaired) electrons. The summed E-state index contributed by atoms with van der Waals surface area (Å²) in [4.78, 5) is 2.32. The summed E-state index contributed by atoms with van der Waals surface area (Å²) >= 11 is 0. The third-order valence-electron chi connectivity index (χ3n) is 3.44. The molecule has 0 spiro atoms. The molecule has 2 aromatic rings. The summed E-state index contributed by atoms with van der Waals surface area (Å²) in [6, 6.07) is 15.3. The molecule has 0 aliphatic heterocycles. The number of hydrogen-bond donors (Lipinski definition) is 1. The van der Waals surface area contributed by atoms with E-state index in [1.165, 1.54) is 17.7 Å². The van der Waals surface area contributed by atoms with Crippen LogP contribution in [0.2, 0.25) is 0 Å². The maximum Gasteiger partial charge on any atom is 0.125 e. The van der Waals surface area contributed by atoms with E-state index in [2.05, 4.69) is 30.9 Å². The molecule has 0 heterocycles. The zero-order chi connectivity index (χ0) is 14.5. The lowest BCUT2D eigenvalue weighted by Crippen LogP contribution is -2.30. The lowest BCUT2D eigenvalue weighted by molar-refractivity contribution is 0.204. The molecule has 3 heteroatoms. The average Bonchev–Trinajstić information content (AvgIpc) is 2.42. The normalized spacial score (nSPS) is 11.2. The van der Waals surface area contributed by atoms with Gasteiger partial charge in [0.15, 0.2) is 0 Å². The van der Waals surface area contributed by atoms with Crippen molar-refractivity contribution in [2.24, 2.45) is 0 Å². The van der Waals surface area contributed by atoms with Crippen molar-refractivity contribution in [1.29, 1.82) is 0 Å². The van der Waals surface area contributed by atoms with Crippen molar-refractivity contribution in [2.45, 2.75) is 33.0 Å². The minimum Gasteiger partial charge on any atom is -0.398 e. The molecule has 0 bridgehead atoms. The Morgan fingerprint density at radius 3 is 2.35 bits per heavy atom. The van der Waals surface area contributed by atoms with Crippen molar-refractivity contribution >= 4 is 5.69 Å². The Kier molecular flexibility index (Phi) is 4.74. The van der Waals surface area contributed by atoms with E-state index in [1.807, 2.05) is 18.2 Å². The third-order valence-corrected chi connectivity index (χ3v) is 3.44. The summed E-state index contributed by atoms with van der Waals surface area (Å²) in [7, 11) is 0. The predicted molar refractivity (Wildman–Crippen MR) is 81.6 cm³/mol. The number of nitrogens with two attached hydrogens (primary N) is 1. The van der Waals surface area contributed by atoms with Crippen LogP contribution in [0.3, 0.4) is 0 Å². The minimum atomic E-state index is -0.287. The molecule has 0 unspecified atom stereocenters. The summed E-state index contributed by atoms with van der Waals surface area (Å²) in [6.07, 6.45) is 0. The molecule has 0 saturated heterocycles. The van der Waals surface area contributed by atoms with E-state index in [1.54, 1.807) is 6.07 Å². The molecule has 0 aliphatic rings. The molecule has 0 atom stereocenters. The second-order valence-electron chi connectivity index (χ2n) is 5.33. The van der Waals surface area contributed by atoms with Crippen LogP contribution in [-0.2, 0) is 13.1 Å². The first-order valence-electron chi connectivity index (χ1n) is 6.88. The average molecular weight is 272 g/mol. The quantitative estimate of drug-likeness (QED) is 0.838. The van der Waals surface area contributed by atoms with Gasteiger partial charge in [0.2, 0.25) is 0 Å². The first kappa shape index (κ1) is 14.5. The SMILES string of the molecule is CC(C)N(Cc1ccccc1)Cc1ccc(F)cc1N. The number of rotatable bonds is 5. The number of nitrogens with zero attached hydrogens (tertiary/aromatic N) is 1. The first-order chi connectivity index (χ1) is 9.56. The van der Waals surface area contributed by atoms with E-state index in [9.17, 15) is 4.39 Å². The molecule has 0 amide bonds. The van der Waals surface area contributed by atoms with Crippen molar-refractivity contribution < 1.29 is 4.39 Å². The lowest BCUT2D eigenvalue weighted by atomic mass is 10.1. The Morgan fingerprint density at radius 1 is 1.05 bits per heavy atom. The van der Waals surface area contributed by atoms with Crippen molar-refractivity contribution in [1.82, 2.24) is 4.90 Å². The van der Waals surface area contributed by atoms with Gasteiger partial charge in [0.25, 0.3) is 0 Å². The molecule has 2 aromatic carbocycles. The number of benzene rings is 2. The zero-order valence-electron chi connectivity index (χ0n) is 12.0. The Bertz CT molecular complexity index is 552. The van der Waals surface area contributed by atoms with Crippen molar-refractivity contribution in [3.8, 4) is 0 Å². The minimum absolute atomic E-state index is 0.287. The van der Waals surface area contributed by atoms with E-state index < -0.39 is 0 Å². The largest absolute Gasteiger partial charge is 0.398 e. The molecule has 0 aliphatic carbocycles. The highest BCUT2D eigenvalue weighted by Gasteiger charge is 2.12. The Hall–Kier alpha value is -1.87. The molecule has 106 valence electrons. The van der Waals surface area contributed by atoms with Gasteiger partial charge in [-0.3, -0.25) is 4.90 Å². The number of nitrogen functional groups attached to an aromatic ring is 1. The predicted octanol–water partition coefficient (Wildman–Crippen LogP) is 3.82. The van der Waals surface area contributed by atoms with E-state index >= 15 is 0 Å². The van der Waals surface area contributed by atoms with Gasteiger partial charge in [0.1, 0.15) is 5.82 Å². The summed E-state index contributed by atoms with van der Waals surface area (Å²) in [5.74, 6) is -0.287. The van der Waals surface area contributed by atoms with E-state index in [4.69, 9.17) is 5.73 Å². The molecular formula is C17H21FN2. The number of hydrogen-bond acceptors (Lipinski definition) is 2. The van der Waals surface area contributed by atoms with Gasteiger partial charge in [-0.1, -0.05) is 36.4 Å². The second kappa shape index (κ2) is 6.53. The van der Waals surface area contributed by atoms with Gasteiger partial charge < -0.3 is 5.73 Å². The van der Waals surface area contributed by atoms with Crippen LogP contribution in [0, 0.1) is 5.82 Å². The molecular weight excluding hydrogens is 251 g/mol.